The van der Waals surface area contributed by atoms with Crippen molar-refractivity contribution in [2.75, 3.05) is 13.2 Å². The SMILES string of the molecule is CCOP(=O)(OCC)c1csc2nc(-c3ccc([N+](=O)[O-])cc3)c(C#N)c(=O)n12. The van der Waals surface area contributed by atoms with Gasteiger partial charge in [0, 0.05) is 23.1 Å². The van der Waals surface area contributed by atoms with Gasteiger partial charge in [0.05, 0.1) is 23.8 Å². The van der Waals surface area contributed by atoms with Crippen LogP contribution in [0.25, 0.3) is 16.2 Å². The van der Waals surface area contributed by atoms with Gasteiger partial charge in [-0.05, 0) is 26.0 Å². The normalized spacial score (nSPS) is 11.5. The van der Waals surface area contributed by atoms with Crippen molar-refractivity contribution in [2.45, 2.75) is 13.8 Å². The third kappa shape index (κ3) is 3.71. The minimum Gasteiger partial charge on any atom is -0.304 e. The van der Waals surface area contributed by atoms with Crippen LogP contribution in [-0.2, 0) is 13.6 Å². The average molecular weight is 434 g/mol. The smallest absolute Gasteiger partial charge is 0.304 e. The second kappa shape index (κ2) is 8.23. The number of thiazole rings is 1. The van der Waals surface area contributed by atoms with E-state index in [1.807, 2.05) is 6.07 Å². The van der Waals surface area contributed by atoms with Gasteiger partial charge in [-0.15, -0.1) is 11.3 Å². The number of nitrogens with zero attached hydrogens (tertiary/aromatic N) is 4. The topological polar surface area (TPSA) is 137 Å². The number of hydrogen-bond acceptors (Lipinski definition) is 9. The molecule has 0 spiro atoms. The van der Waals surface area contributed by atoms with E-state index in [4.69, 9.17) is 9.05 Å². The molecule has 0 N–H and O–H groups in total. The number of non-ortho nitro benzene ring substituents is 1. The molecule has 0 unspecified atom stereocenters. The van der Waals surface area contributed by atoms with Crippen molar-refractivity contribution in [3.63, 3.8) is 0 Å². The number of hydrogen-bond donors (Lipinski definition) is 0. The molecule has 29 heavy (non-hydrogen) atoms. The highest BCUT2D eigenvalue weighted by Crippen LogP contribution is 2.47. The number of rotatable bonds is 7. The van der Waals surface area contributed by atoms with Crippen LogP contribution in [0, 0.1) is 21.4 Å². The first-order valence-electron chi connectivity index (χ1n) is 8.45. The third-order valence-electron chi connectivity index (χ3n) is 3.89. The highest BCUT2D eigenvalue weighted by atomic mass is 32.1. The highest BCUT2D eigenvalue weighted by molar-refractivity contribution is 7.62. The molecule has 1 aromatic carbocycles. The molecule has 0 amide bonds. The van der Waals surface area contributed by atoms with E-state index in [1.54, 1.807) is 13.8 Å². The van der Waals surface area contributed by atoms with Gasteiger partial charge in [-0.25, -0.2) is 9.38 Å². The van der Waals surface area contributed by atoms with Crippen LogP contribution in [0.15, 0.2) is 34.4 Å². The van der Waals surface area contributed by atoms with Crippen molar-refractivity contribution in [3.8, 4) is 17.3 Å². The van der Waals surface area contributed by atoms with Crippen LogP contribution in [0.2, 0.25) is 0 Å². The van der Waals surface area contributed by atoms with Gasteiger partial charge in [-0.3, -0.25) is 19.5 Å². The van der Waals surface area contributed by atoms with Crippen molar-refractivity contribution in [1.29, 1.82) is 5.26 Å². The van der Waals surface area contributed by atoms with Gasteiger partial charge in [-0.1, -0.05) is 0 Å². The lowest BCUT2D eigenvalue weighted by molar-refractivity contribution is -0.384. The van der Waals surface area contributed by atoms with Crippen molar-refractivity contribution in [2.24, 2.45) is 0 Å². The number of nitro benzene ring substituents is 1. The van der Waals surface area contributed by atoms with Gasteiger partial charge in [-0.2, -0.15) is 5.26 Å². The van der Waals surface area contributed by atoms with E-state index in [1.165, 1.54) is 29.6 Å². The Kier molecular flexibility index (Phi) is 5.91. The minimum absolute atomic E-state index is 0.00505. The molecule has 0 atom stereocenters. The summed E-state index contributed by atoms with van der Waals surface area (Å²) >= 11 is 1.04. The Morgan fingerprint density at radius 3 is 2.41 bits per heavy atom. The largest absolute Gasteiger partial charge is 0.378 e. The Morgan fingerprint density at radius 1 is 1.28 bits per heavy atom. The molecule has 0 aliphatic heterocycles. The lowest BCUT2D eigenvalue weighted by Gasteiger charge is -2.16. The van der Waals surface area contributed by atoms with Gasteiger partial charge < -0.3 is 9.05 Å². The molecule has 0 saturated heterocycles. The molecular formula is C17H15N4O6PS. The molecule has 0 fully saturated rings. The van der Waals surface area contributed by atoms with E-state index in [0.29, 0.717) is 5.56 Å². The Bertz CT molecular complexity index is 1220. The fourth-order valence-electron chi connectivity index (χ4n) is 2.69. The minimum atomic E-state index is -3.78. The van der Waals surface area contributed by atoms with Gasteiger partial charge in [0.1, 0.15) is 11.6 Å². The molecule has 10 nitrogen and oxygen atoms in total. The van der Waals surface area contributed by atoms with Crippen LogP contribution in [0.3, 0.4) is 0 Å². The van der Waals surface area contributed by atoms with Crippen molar-refractivity contribution >= 4 is 35.0 Å². The lowest BCUT2D eigenvalue weighted by Crippen LogP contribution is -2.28. The van der Waals surface area contributed by atoms with E-state index < -0.39 is 18.1 Å². The zero-order chi connectivity index (χ0) is 21.2. The second-order valence-corrected chi connectivity index (χ2v) is 8.41. The Hall–Kier alpha value is -2.90. The molecule has 3 rings (SSSR count). The lowest BCUT2D eigenvalue weighted by atomic mass is 10.1. The van der Waals surface area contributed by atoms with Crippen molar-refractivity contribution < 1.29 is 18.5 Å². The van der Waals surface area contributed by atoms with Crippen molar-refractivity contribution in [3.05, 3.63) is 55.7 Å². The predicted molar refractivity (Wildman–Crippen MR) is 107 cm³/mol. The molecule has 0 saturated carbocycles. The van der Waals surface area contributed by atoms with E-state index >= 15 is 0 Å². The summed E-state index contributed by atoms with van der Waals surface area (Å²) in [6.07, 6.45) is 0. The van der Waals surface area contributed by atoms with Gasteiger partial charge in [0.2, 0.25) is 0 Å². The standard InChI is InChI=1S/C17H15N4O6PS/c1-3-26-28(25,27-4-2)14-10-29-17-19-15(13(9-18)16(22)20(14)17)11-5-7-12(8-6-11)21(23)24/h5-8,10H,3-4H2,1-2H3. The Labute approximate surface area is 168 Å². The summed E-state index contributed by atoms with van der Waals surface area (Å²) in [7, 11) is -3.78. The van der Waals surface area contributed by atoms with E-state index in [2.05, 4.69) is 4.98 Å². The number of benzene rings is 1. The summed E-state index contributed by atoms with van der Waals surface area (Å²) in [4.78, 5) is 27.9. The van der Waals surface area contributed by atoms with E-state index in [0.717, 1.165) is 15.7 Å². The molecule has 0 aliphatic rings. The first-order valence-corrected chi connectivity index (χ1v) is 10.9. The summed E-state index contributed by atoms with van der Waals surface area (Å²) in [6, 6.07) is 7.18. The molecular weight excluding hydrogens is 419 g/mol. The molecule has 3 aromatic rings. The van der Waals surface area contributed by atoms with Gasteiger partial charge in [0.25, 0.3) is 11.2 Å². The third-order valence-corrected chi connectivity index (χ3v) is 6.98. The van der Waals surface area contributed by atoms with Crippen LogP contribution < -0.4 is 11.0 Å². The van der Waals surface area contributed by atoms with E-state index in [9.17, 15) is 24.7 Å². The van der Waals surface area contributed by atoms with Crippen molar-refractivity contribution in [1.82, 2.24) is 9.38 Å². The van der Waals surface area contributed by atoms with Crippen LogP contribution in [-0.4, -0.2) is 27.5 Å². The quantitative estimate of drug-likeness (QED) is 0.314. The Morgan fingerprint density at radius 2 is 1.90 bits per heavy atom. The zero-order valence-corrected chi connectivity index (χ0v) is 17.1. The van der Waals surface area contributed by atoms with Gasteiger partial charge >= 0.3 is 7.60 Å². The summed E-state index contributed by atoms with van der Waals surface area (Å²) in [5.74, 6) is 0. The fourth-order valence-corrected chi connectivity index (χ4v) is 5.63. The monoisotopic (exact) mass is 434 g/mol. The number of aromatic nitrogens is 2. The van der Waals surface area contributed by atoms with Crippen LogP contribution in [0.5, 0.6) is 0 Å². The fraction of sp³-hybridized carbons (Fsp3) is 0.235. The molecule has 12 heteroatoms. The predicted octanol–water partition coefficient (Wildman–Crippen LogP) is 3.09. The number of nitro groups is 1. The van der Waals surface area contributed by atoms with Gasteiger partial charge in [0.15, 0.2) is 10.4 Å². The summed E-state index contributed by atoms with van der Waals surface area (Å²) in [5.41, 5.74) is -0.663. The maximum absolute atomic E-state index is 13.1. The zero-order valence-electron chi connectivity index (χ0n) is 15.4. The van der Waals surface area contributed by atoms with Crippen LogP contribution in [0.4, 0.5) is 5.69 Å². The molecule has 2 aromatic heterocycles. The van der Waals surface area contributed by atoms with Crippen LogP contribution >= 0.6 is 18.9 Å². The molecule has 0 bridgehead atoms. The maximum atomic E-state index is 13.1. The molecule has 2 heterocycles. The number of nitriles is 1. The summed E-state index contributed by atoms with van der Waals surface area (Å²) < 4.78 is 24.8. The maximum Gasteiger partial charge on any atom is 0.378 e. The van der Waals surface area contributed by atoms with Crippen LogP contribution in [0.1, 0.15) is 19.4 Å². The number of fused-ring (bicyclic) bond motifs is 1. The molecule has 0 radical (unpaired) electrons. The summed E-state index contributed by atoms with van der Waals surface area (Å²) in [6.45, 7) is 3.49. The first kappa shape index (κ1) is 20.8. The highest BCUT2D eigenvalue weighted by Gasteiger charge is 2.32. The Balaban J connectivity index is 2.25. The molecule has 150 valence electrons. The van der Waals surface area contributed by atoms with E-state index in [-0.39, 0.29) is 40.6 Å². The average Bonchev–Trinajstić information content (AvgIpc) is 3.13. The molecule has 0 aliphatic carbocycles. The second-order valence-electron chi connectivity index (χ2n) is 5.60. The first-order chi connectivity index (χ1) is 13.9. The summed E-state index contributed by atoms with van der Waals surface area (Å²) in [5, 5.41) is 21.9.